The molecule has 0 radical (unpaired) electrons. The van der Waals surface area contributed by atoms with E-state index in [1.54, 1.807) is 0 Å². The van der Waals surface area contributed by atoms with Crippen LogP contribution in [0.3, 0.4) is 0 Å². The number of rotatable bonds is 68. The number of aliphatic hydroxyl groups excluding tert-OH is 2. The Kier molecular flexibility index (Phi) is 66.9. The highest BCUT2D eigenvalue weighted by molar-refractivity contribution is 5.76. The Hall–Kier alpha value is -1.40. The zero-order valence-corrected chi connectivity index (χ0v) is 53.2. The molecule has 0 saturated carbocycles. The van der Waals surface area contributed by atoms with Gasteiger partial charge < -0.3 is 20.3 Å². The van der Waals surface area contributed by atoms with Crippen LogP contribution in [0.5, 0.6) is 0 Å². The van der Waals surface area contributed by atoms with Gasteiger partial charge in [0.15, 0.2) is 0 Å². The first-order chi connectivity index (χ1) is 38.5. The minimum Gasteiger partial charge on any atom is -0.466 e. The van der Waals surface area contributed by atoms with E-state index in [0.717, 1.165) is 44.9 Å². The second-order valence-corrected chi connectivity index (χ2v) is 24.9. The van der Waals surface area contributed by atoms with Crippen LogP contribution in [-0.4, -0.2) is 47.4 Å². The predicted octanol–water partition coefficient (Wildman–Crippen LogP) is 23.1. The van der Waals surface area contributed by atoms with Crippen LogP contribution in [0.2, 0.25) is 0 Å². The van der Waals surface area contributed by atoms with E-state index in [9.17, 15) is 19.8 Å². The molecule has 6 heteroatoms. The van der Waals surface area contributed by atoms with Crippen LogP contribution < -0.4 is 5.32 Å². The molecule has 2 unspecified atom stereocenters. The molecule has 0 aliphatic rings. The molecule has 3 N–H and O–H groups in total. The summed E-state index contributed by atoms with van der Waals surface area (Å²) in [6.45, 7) is 4.99. The van der Waals surface area contributed by atoms with Crippen molar-refractivity contribution in [2.45, 2.75) is 424 Å². The van der Waals surface area contributed by atoms with Gasteiger partial charge in [-0.05, 0) is 51.4 Å². The normalized spacial score (nSPS) is 12.5. The molecule has 6 nitrogen and oxygen atoms in total. The molecule has 0 aromatic heterocycles. The minimum absolute atomic E-state index is 0.00924. The third-order valence-electron chi connectivity index (χ3n) is 17.1. The van der Waals surface area contributed by atoms with E-state index in [2.05, 4.69) is 31.3 Å². The standard InChI is InChI=1S/C72H141NO5/c1-3-5-7-9-11-13-15-17-19-21-23-24-25-26-29-32-36-40-44-48-52-56-60-64-70(75)69(68-74)73-71(76)65-61-57-53-49-45-41-37-33-30-27-28-31-35-39-43-47-51-55-59-63-67-78-72(77)66-62-58-54-50-46-42-38-34-22-20-18-16-14-12-10-8-6-4-2/h20,22,69-70,74-75H,3-19,21,23-68H2,1-2H3,(H,73,76)/b22-20-. The van der Waals surface area contributed by atoms with Crippen LogP contribution in [0.4, 0.5) is 0 Å². The van der Waals surface area contributed by atoms with Crippen molar-refractivity contribution in [3.05, 3.63) is 12.2 Å². The quantitative estimate of drug-likeness (QED) is 0.0320. The van der Waals surface area contributed by atoms with Crippen molar-refractivity contribution in [1.82, 2.24) is 5.32 Å². The number of esters is 1. The van der Waals surface area contributed by atoms with Gasteiger partial charge in [-0.1, -0.05) is 360 Å². The van der Waals surface area contributed by atoms with Crippen molar-refractivity contribution >= 4 is 11.9 Å². The Balaban J connectivity index is 3.38. The first kappa shape index (κ1) is 76.6. The lowest BCUT2D eigenvalue weighted by Crippen LogP contribution is -2.45. The third kappa shape index (κ3) is 63.8. The fourth-order valence-electron chi connectivity index (χ4n) is 11.6. The molecule has 0 fully saturated rings. The van der Waals surface area contributed by atoms with Crippen LogP contribution in [0.1, 0.15) is 412 Å². The summed E-state index contributed by atoms with van der Waals surface area (Å²) in [5.41, 5.74) is 0. The van der Waals surface area contributed by atoms with E-state index >= 15 is 0 Å². The highest BCUT2D eigenvalue weighted by Gasteiger charge is 2.20. The molecule has 464 valence electrons. The molecule has 0 spiro atoms. The molecular weight excluding hydrogens is 959 g/mol. The number of allylic oxidation sites excluding steroid dienone is 2. The lowest BCUT2D eigenvalue weighted by atomic mass is 10.0. The molecule has 0 bridgehead atoms. The van der Waals surface area contributed by atoms with Crippen molar-refractivity contribution in [2.24, 2.45) is 0 Å². The van der Waals surface area contributed by atoms with E-state index in [4.69, 9.17) is 4.74 Å². The second-order valence-electron chi connectivity index (χ2n) is 24.9. The largest absolute Gasteiger partial charge is 0.466 e. The summed E-state index contributed by atoms with van der Waals surface area (Å²) in [6.07, 6.45) is 84.0. The summed E-state index contributed by atoms with van der Waals surface area (Å²) in [6, 6.07) is -0.544. The number of hydrogen-bond acceptors (Lipinski definition) is 5. The molecule has 1 amide bonds. The molecule has 0 saturated heterocycles. The zero-order chi connectivity index (χ0) is 56.4. The van der Waals surface area contributed by atoms with Crippen LogP contribution in [-0.2, 0) is 14.3 Å². The summed E-state index contributed by atoms with van der Waals surface area (Å²) in [5, 5.41) is 23.4. The molecule has 0 aromatic carbocycles. The molecule has 2 atom stereocenters. The van der Waals surface area contributed by atoms with Gasteiger partial charge in [0, 0.05) is 12.8 Å². The van der Waals surface area contributed by atoms with E-state index in [0.29, 0.717) is 25.9 Å². The van der Waals surface area contributed by atoms with Gasteiger partial charge >= 0.3 is 5.97 Å². The summed E-state index contributed by atoms with van der Waals surface area (Å²) in [4.78, 5) is 24.7. The lowest BCUT2D eigenvalue weighted by molar-refractivity contribution is -0.143. The summed E-state index contributed by atoms with van der Waals surface area (Å²) in [5.74, 6) is -0.0223. The first-order valence-electron chi connectivity index (χ1n) is 35.9. The van der Waals surface area contributed by atoms with Crippen LogP contribution in [0.15, 0.2) is 12.2 Å². The Morgan fingerprint density at radius 3 is 0.910 bits per heavy atom. The number of carbonyl (C=O) groups is 2. The topological polar surface area (TPSA) is 95.9 Å². The predicted molar refractivity (Wildman–Crippen MR) is 343 cm³/mol. The number of nitrogens with one attached hydrogen (secondary N) is 1. The number of hydrogen-bond donors (Lipinski definition) is 3. The average molecular weight is 1100 g/mol. The maximum Gasteiger partial charge on any atom is 0.305 e. The number of aliphatic hydroxyl groups is 2. The van der Waals surface area contributed by atoms with Crippen molar-refractivity contribution in [3.63, 3.8) is 0 Å². The molecule has 0 aliphatic heterocycles. The second kappa shape index (κ2) is 68.1. The maximum absolute atomic E-state index is 12.6. The third-order valence-corrected chi connectivity index (χ3v) is 17.1. The van der Waals surface area contributed by atoms with Gasteiger partial charge in [0.2, 0.25) is 5.91 Å². The number of unbranched alkanes of at least 4 members (excludes halogenated alkanes) is 55. The minimum atomic E-state index is -0.667. The van der Waals surface area contributed by atoms with Crippen molar-refractivity contribution in [1.29, 1.82) is 0 Å². The maximum atomic E-state index is 12.6. The molecule has 0 heterocycles. The summed E-state index contributed by atoms with van der Waals surface area (Å²) >= 11 is 0. The summed E-state index contributed by atoms with van der Waals surface area (Å²) in [7, 11) is 0. The van der Waals surface area contributed by atoms with E-state index in [1.807, 2.05) is 0 Å². The van der Waals surface area contributed by atoms with Gasteiger partial charge in [0.25, 0.3) is 0 Å². The molecular formula is C72H141NO5. The fourth-order valence-corrected chi connectivity index (χ4v) is 11.6. The fraction of sp³-hybridized carbons (Fsp3) is 0.944. The van der Waals surface area contributed by atoms with Gasteiger partial charge in [-0.15, -0.1) is 0 Å². The number of amides is 1. The first-order valence-corrected chi connectivity index (χ1v) is 35.9. The Morgan fingerprint density at radius 2 is 0.603 bits per heavy atom. The Bertz CT molecular complexity index is 1180. The van der Waals surface area contributed by atoms with Gasteiger partial charge in [-0.3, -0.25) is 9.59 Å². The van der Waals surface area contributed by atoms with Gasteiger partial charge in [0.05, 0.1) is 25.4 Å². The van der Waals surface area contributed by atoms with E-state index in [1.165, 1.54) is 334 Å². The Morgan fingerprint density at radius 1 is 0.346 bits per heavy atom. The van der Waals surface area contributed by atoms with Gasteiger partial charge in [-0.2, -0.15) is 0 Å². The molecule has 0 rings (SSSR count). The monoisotopic (exact) mass is 1100 g/mol. The van der Waals surface area contributed by atoms with Gasteiger partial charge in [0.1, 0.15) is 0 Å². The van der Waals surface area contributed by atoms with Crippen molar-refractivity contribution in [3.8, 4) is 0 Å². The van der Waals surface area contributed by atoms with E-state index in [-0.39, 0.29) is 18.5 Å². The highest BCUT2D eigenvalue weighted by Crippen LogP contribution is 2.19. The van der Waals surface area contributed by atoms with Crippen LogP contribution in [0.25, 0.3) is 0 Å². The molecule has 78 heavy (non-hydrogen) atoms. The van der Waals surface area contributed by atoms with E-state index < -0.39 is 12.1 Å². The van der Waals surface area contributed by atoms with Crippen LogP contribution >= 0.6 is 0 Å². The smallest absolute Gasteiger partial charge is 0.305 e. The van der Waals surface area contributed by atoms with Crippen molar-refractivity contribution < 1.29 is 24.5 Å². The lowest BCUT2D eigenvalue weighted by Gasteiger charge is -2.22. The SMILES string of the molecule is CCCCCCCCC/C=C\CCCCCCCCCC(=O)OCCCCCCCCCCCCCCCCCCCCCCC(=O)NC(CO)C(O)CCCCCCCCCCCCCCCCCCCCCCCCC. The highest BCUT2D eigenvalue weighted by atomic mass is 16.5. The number of ether oxygens (including phenoxy) is 1. The molecule has 0 aromatic rings. The Labute approximate surface area is 489 Å². The average Bonchev–Trinajstić information content (AvgIpc) is 3.44. The summed E-state index contributed by atoms with van der Waals surface area (Å²) < 4.78 is 5.50. The number of carbonyl (C=O) groups excluding carboxylic acids is 2. The van der Waals surface area contributed by atoms with Crippen LogP contribution in [0, 0.1) is 0 Å². The molecule has 0 aliphatic carbocycles. The van der Waals surface area contributed by atoms with Crippen molar-refractivity contribution in [2.75, 3.05) is 13.2 Å². The zero-order valence-electron chi connectivity index (χ0n) is 53.2. The van der Waals surface area contributed by atoms with Gasteiger partial charge in [-0.25, -0.2) is 0 Å².